The molecule has 0 aliphatic rings. The first-order valence-corrected chi connectivity index (χ1v) is 6.20. The van der Waals surface area contributed by atoms with E-state index < -0.39 is 11.1 Å². The number of rotatable bonds is 3. The molecule has 0 fully saturated rings. The third-order valence-corrected chi connectivity index (χ3v) is 3.85. The summed E-state index contributed by atoms with van der Waals surface area (Å²) < 4.78 is 38.3. The Morgan fingerprint density at radius 3 is 2.61 bits per heavy atom. The Hall–Kier alpha value is -1.11. The molecule has 0 amide bonds. The maximum absolute atomic E-state index is 12.6. The molecule has 98 valence electrons. The average Bonchev–Trinajstić information content (AvgIpc) is 2.71. The lowest BCUT2D eigenvalue weighted by Gasteiger charge is -2.09. The van der Waals surface area contributed by atoms with Crippen LogP contribution in [0.3, 0.4) is 0 Å². The van der Waals surface area contributed by atoms with E-state index in [-0.39, 0.29) is 12.6 Å². The predicted molar refractivity (Wildman–Crippen MR) is 65.5 cm³/mol. The molecule has 2 nitrogen and oxygen atoms in total. The van der Waals surface area contributed by atoms with Gasteiger partial charge in [0.25, 0.3) is 0 Å². The van der Waals surface area contributed by atoms with Crippen LogP contribution in [0, 0.1) is 0 Å². The van der Waals surface area contributed by atoms with Crippen molar-refractivity contribution in [2.75, 3.05) is 6.61 Å². The number of aliphatic hydroxyl groups excluding tert-OH is 1. The van der Waals surface area contributed by atoms with Crippen molar-refractivity contribution in [3.8, 4) is 0 Å². The molecule has 1 heterocycles. The number of alkyl halides is 3. The molecule has 1 aromatic carbocycles. The monoisotopic (exact) mass is 275 g/mol. The van der Waals surface area contributed by atoms with Crippen LogP contribution in [0.2, 0.25) is 0 Å². The number of hydrogen-bond donors (Lipinski definition) is 2. The Labute approximate surface area is 106 Å². The Kier molecular flexibility index (Phi) is 3.61. The van der Waals surface area contributed by atoms with Gasteiger partial charge in [-0.2, -0.15) is 13.2 Å². The van der Waals surface area contributed by atoms with Gasteiger partial charge in [-0.15, -0.1) is 11.3 Å². The zero-order valence-corrected chi connectivity index (χ0v) is 10.2. The first-order valence-electron chi connectivity index (χ1n) is 5.39. The van der Waals surface area contributed by atoms with Crippen molar-refractivity contribution in [2.24, 2.45) is 5.73 Å². The van der Waals surface area contributed by atoms with E-state index in [4.69, 9.17) is 10.8 Å². The number of thiophene rings is 1. The van der Waals surface area contributed by atoms with Gasteiger partial charge in [0, 0.05) is 17.3 Å². The zero-order chi connectivity index (χ0) is 13.3. The molecule has 0 spiro atoms. The van der Waals surface area contributed by atoms with Crippen LogP contribution < -0.4 is 5.73 Å². The molecule has 0 radical (unpaired) electrons. The van der Waals surface area contributed by atoms with Crippen LogP contribution in [-0.4, -0.2) is 11.7 Å². The molecular weight excluding hydrogens is 263 g/mol. The number of nitrogens with two attached hydrogens (primary N) is 1. The molecule has 2 rings (SSSR count). The maximum atomic E-state index is 12.6. The molecule has 0 aliphatic carbocycles. The average molecular weight is 275 g/mol. The highest BCUT2D eigenvalue weighted by atomic mass is 32.1. The van der Waals surface area contributed by atoms with Gasteiger partial charge in [0.15, 0.2) is 0 Å². The smallest absolute Gasteiger partial charge is 0.396 e. The minimum absolute atomic E-state index is 0.0450. The van der Waals surface area contributed by atoms with Gasteiger partial charge in [0.05, 0.1) is 0 Å². The molecule has 1 aromatic heterocycles. The topological polar surface area (TPSA) is 46.2 Å². The molecule has 0 saturated heterocycles. The third kappa shape index (κ3) is 2.66. The largest absolute Gasteiger partial charge is 0.425 e. The maximum Gasteiger partial charge on any atom is 0.425 e. The lowest BCUT2D eigenvalue weighted by molar-refractivity contribution is -0.134. The summed E-state index contributed by atoms with van der Waals surface area (Å²) in [7, 11) is 0. The summed E-state index contributed by atoms with van der Waals surface area (Å²) in [5.74, 6) is 0. The molecule has 2 aromatic rings. The standard InChI is InChI=1S/C12H12F3NOS/c13-12(14,15)11-6-8-5-7(9(16)3-4-17)1-2-10(8)18-11/h1-2,5-6,9,17H,3-4,16H2. The van der Waals surface area contributed by atoms with Gasteiger partial charge in [-0.1, -0.05) is 6.07 Å². The fourth-order valence-electron chi connectivity index (χ4n) is 1.74. The van der Waals surface area contributed by atoms with Crippen LogP contribution in [0.1, 0.15) is 22.9 Å². The number of benzene rings is 1. The summed E-state index contributed by atoms with van der Waals surface area (Å²) in [6, 6.07) is 5.78. The lowest BCUT2D eigenvalue weighted by atomic mass is 10.0. The van der Waals surface area contributed by atoms with E-state index in [1.54, 1.807) is 18.2 Å². The van der Waals surface area contributed by atoms with Crippen LogP contribution in [0.25, 0.3) is 10.1 Å². The fraction of sp³-hybridized carbons (Fsp3) is 0.333. The van der Waals surface area contributed by atoms with Crippen LogP contribution >= 0.6 is 11.3 Å². The van der Waals surface area contributed by atoms with Crippen LogP contribution in [0.4, 0.5) is 13.2 Å². The number of halogens is 3. The molecular formula is C12H12F3NOS. The normalized spacial score (nSPS) is 14.1. The molecule has 6 heteroatoms. The van der Waals surface area contributed by atoms with Gasteiger partial charge >= 0.3 is 6.18 Å². The van der Waals surface area contributed by atoms with E-state index in [0.717, 1.165) is 23.0 Å². The summed E-state index contributed by atoms with van der Waals surface area (Å²) in [4.78, 5) is -0.606. The lowest BCUT2D eigenvalue weighted by Crippen LogP contribution is -2.11. The van der Waals surface area contributed by atoms with Crippen molar-refractivity contribution < 1.29 is 18.3 Å². The Morgan fingerprint density at radius 1 is 1.28 bits per heavy atom. The van der Waals surface area contributed by atoms with Gasteiger partial charge < -0.3 is 10.8 Å². The SMILES string of the molecule is NC(CCO)c1ccc2sc(C(F)(F)F)cc2c1. The molecule has 0 saturated carbocycles. The predicted octanol–water partition coefficient (Wildman–Crippen LogP) is 3.30. The number of fused-ring (bicyclic) bond motifs is 1. The third-order valence-electron chi connectivity index (χ3n) is 2.69. The van der Waals surface area contributed by atoms with Crippen molar-refractivity contribution in [3.05, 3.63) is 34.7 Å². The first kappa shape index (κ1) is 13.3. The summed E-state index contributed by atoms with van der Waals surface area (Å²) >= 11 is 0.723. The van der Waals surface area contributed by atoms with Crippen molar-refractivity contribution in [2.45, 2.75) is 18.6 Å². The second-order valence-electron chi connectivity index (χ2n) is 4.02. The highest BCUT2D eigenvalue weighted by Gasteiger charge is 2.32. The van der Waals surface area contributed by atoms with Crippen LogP contribution in [0.15, 0.2) is 24.3 Å². The fourth-order valence-corrected chi connectivity index (χ4v) is 2.65. The van der Waals surface area contributed by atoms with Crippen molar-refractivity contribution >= 4 is 21.4 Å². The van der Waals surface area contributed by atoms with Crippen molar-refractivity contribution in [3.63, 3.8) is 0 Å². The second kappa shape index (κ2) is 4.87. The molecule has 18 heavy (non-hydrogen) atoms. The molecule has 0 bridgehead atoms. The van der Waals surface area contributed by atoms with Gasteiger partial charge in [0.2, 0.25) is 0 Å². The Balaban J connectivity index is 2.40. The van der Waals surface area contributed by atoms with E-state index >= 15 is 0 Å². The zero-order valence-electron chi connectivity index (χ0n) is 9.37. The summed E-state index contributed by atoms with van der Waals surface area (Å²) in [6.45, 7) is -0.0450. The van der Waals surface area contributed by atoms with E-state index in [0.29, 0.717) is 16.5 Å². The quantitative estimate of drug-likeness (QED) is 0.902. The van der Waals surface area contributed by atoms with Crippen LogP contribution in [0.5, 0.6) is 0 Å². The highest BCUT2D eigenvalue weighted by molar-refractivity contribution is 7.19. The van der Waals surface area contributed by atoms with Gasteiger partial charge in [0.1, 0.15) is 4.88 Å². The minimum Gasteiger partial charge on any atom is -0.396 e. The summed E-state index contributed by atoms with van der Waals surface area (Å²) in [5, 5.41) is 9.34. The van der Waals surface area contributed by atoms with Gasteiger partial charge in [-0.05, 0) is 35.6 Å². The Morgan fingerprint density at radius 2 is 2.00 bits per heavy atom. The van der Waals surface area contributed by atoms with E-state index in [9.17, 15) is 13.2 Å². The summed E-state index contributed by atoms with van der Waals surface area (Å²) in [5.41, 5.74) is 6.55. The minimum atomic E-state index is -4.31. The number of aliphatic hydroxyl groups is 1. The van der Waals surface area contributed by atoms with Gasteiger partial charge in [-0.25, -0.2) is 0 Å². The Bertz CT molecular complexity index is 550. The molecule has 1 unspecified atom stereocenters. The first-order chi connectivity index (χ1) is 8.41. The molecule has 3 N–H and O–H groups in total. The van der Waals surface area contributed by atoms with E-state index in [1.807, 2.05) is 0 Å². The summed E-state index contributed by atoms with van der Waals surface area (Å²) in [6.07, 6.45) is -3.92. The molecule has 0 aliphatic heterocycles. The van der Waals surface area contributed by atoms with Crippen molar-refractivity contribution in [1.82, 2.24) is 0 Å². The van der Waals surface area contributed by atoms with Crippen LogP contribution in [-0.2, 0) is 6.18 Å². The van der Waals surface area contributed by atoms with E-state index in [1.165, 1.54) is 0 Å². The second-order valence-corrected chi connectivity index (χ2v) is 5.11. The van der Waals surface area contributed by atoms with E-state index in [2.05, 4.69) is 0 Å². The highest BCUT2D eigenvalue weighted by Crippen LogP contribution is 2.38. The van der Waals surface area contributed by atoms with Crippen molar-refractivity contribution in [1.29, 1.82) is 0 Å². The number of hydrogen-bond acceptors (Lipinski definition) is 3. The van der Waals surface area contributed by atoms with Gasteiger partial charge in [-0.3, -0.25) is 0 Å². The molecule has 1 atom stereocenters.